The number of benzene rings is 2. The second-order valence-electron chi connectivity index (χ2n) is 6.97. The van der Waals surface area contributed by atoms with Gasteiger partial charge in [0.15, 0.2) is 0 Å². The van der Waals surface area contributed by atoms with Crippen LogP contribution in [0.4, 0.5) is 0 Å². The van der Waals surface area contributed by atoms with Crippen molar-refractivity contribution in [3.05, 3.63) is 59.1 Å². The van der Waals surface area contributed by atoms with Crippen molar-refractivity contribution in [1.29, 1.82) is 0 Å². The summed E-state index contributed by atoms with van der Waals surface area (Å²) in [4.78, 5) is 0. The molecule has 3 heteroatoms. The Balaban J connectivity index is 1.84. The molecule has 5 aromatic rings. The first-order valence-electron chi connectivity index (χ1n) is 9.18. The van der Waals surface area contributed by atoms with E-state index in [1.165, 1.54) is 0 Å². The Bertz CT molecular complexity index is 1290. The molecular weight excluding hydrogens is 336 g/mol. The van der Waals surface area contributed by atoms with Gasteiger partial charge in [0.05, 0.1) is 0 Å². The molecule has 27 heavy (non-hydrogen) atoms. The van der Waals surface area contributed by atoms with Crippen LogP contribution < -0.4 is 0 Å². The van der Waals surface area contributed by atoms with E-state index >= 15 is 0 Å². The summed E-state index contributed by atoms with van der Waals surface area (Å²) in [6.07, 6.45) is 7.96. The van der Waals surface area contributed by atoms with Crippen molar-refractivity contribution in [3.8, 4) is 0 Å². The lowest BCUT2D eigenvalue weighted by atomic mass is 10.1. The highest BCUT2D eigenvalue weighted by Crippen LogP contribution is 2.38. The number of allylic oxidation sites excluding steroid dienone is 2. The monoisotopic (exact) mass is 356 g/mol. The minimum Gasteiger partial charge on any atom is -0.456 e. The summed E-state index contributed by atoms with van der Waals surface area (Å²) in [6, 6.07) is 8.31. The summed E-state index contributed by atoms with van der Waals surface area (Å²) in [6.45, 7) is 8.14. The summed E-state index contributed by atoms with van der Waals surface area (Å²) < 4.78 is 18.3. The predicted octanol–water partition coefficient (Wildman–Crippen LogP) is 7.76. The quantitative estimate of drug-likeness (QED) is 0.324. The molecule has 3 heterocycles. The second-order valence-corrected chi connectivity index (χ2v) is 6.97. The van der Waals surface area contributed by atoms with Crippen molar-refractivity contribution >= 4 is 56.0 Å². The summed E-state index contributed by atoms with van der Waals surface area (Å²) in [7, 11) is 0. The zero-order valence-corrected chi connectivity index (χ0v) is 15.8. The second kappa shape index (κ2) is 5.65. The molecule has 3 nitrogen and oxygen atoms in total. The summed E-state index contributed by atoms with van der Waals surface area (Å²) in [5, 5.41) is 4.26. The highest BCUT2D eigenvalue weighted by Gasteiger charge is 2.17. The molecule has 0 amide bonds. The zero-order valence-electron chi connectivity index (χ0n) is 15.8. The van der Waals surface area contributed by atoms with Crippen LogP contribution in [0.2, 0.25) is 0 Å². The first-order valence-corrected chi connectivity index (χ1v) is 9.18. The van der Waals surface area contributed by atoms with Crippen LogP contribution in [-0.2, 0) is 0 Å². The Labute approximate surface area is 156 Å². The number of rotatable bonds is 2. The van der Waals surface area contributed by atoms with E-state index in [1.54, 1.807) is 0 Å². The fourth-order valence-corrected chi connectivity index (χ4v) is 3.86. The van der Waals surface area contributed by atoms with Gasteiger partial charge in [0.1, 0.15) is 33.9 Å². The van der Waals surface area contributed by atoms with E-state index in [4.69, 9.17) is 13.3 Å². The van der Waals surface area contributed by atoms with Crippen LogP contribution in [0.25, 0.3) is 56.0 Å². The van der Waals surface area contributed by atoms with Crippen molar-refractivity contribution in [2.45, 2.75) is 27.7 Å². The van der Waals surface area contributed by atoms with E-state index in [0.717, 1.165) is 66.5 Å². The van der Waals surface area contributed by atoms with E-state index in [2.05, 4.69) is 38.1 Å². The average Bonchev–Trinajstić information content (AvgIpc) is 3.26. The zero-order chi connectivity index (χ0) is 18.7. The molecule has 0 saturated heterocycles. The van der Waals surface area contributed by atoms with Gasteiger partial charge in [0.25, 0.3) is 0 Å². The van der Waals surface area contributed by atoms with Crippen molar-refractivity contribution < 1.29 is 13.3 Å². The van der Waals surface area contributed by atoms with Gasteiger partial charge in [-0.2, -0.15) is 0 Å². The molecule has 0 unspecified atom stereocenters. The summed E-state index contributed by atoms with van der Waals surface area (Å²) in [5.41, 5.74) is 5.75. The lowest BCUT2D eigenvalue weighted by Crippen LogP contribution is -1.72. The van der Waals surface area contributed by atoms with Crippen LogP contribution in [0.3, 0.4) is 0 Å². The Morgan fingerprint density at radius 1 is 0.556 bits per heavy atom. The van der Waals surface area contributed by atoms with Gasteiger partial charge in [0, 0.05) is 32.7 Å². The largest absolute Gasteiger partial charge is 0.456 e. The number of hydrogen-bond acceptors (Lipinski definition) is 3. The van der Waals surface area contributed by atoms with E-state index in [9.17, 15) is 0 Å². The summed E-state index contributed by atoms with van der Waals surface area (Å²) >= 11 is 0. The number of furan rings is 3. The van der Waals surface area contributed by atoms with Gasteiger partial charge in [-0.3, -0.25) is 0 Å². The normalized spacial score (nSPS) is 12.9. The molecule has 0 radical (unpaired) electrons. The van der Waals surface area contributed by atoms with Crippen LogP contribution >= 0.6 is 0 Å². The van der Waals surface area contributed by atoms with E-state index in [-0.39, 0.29) is 0 Å². The third kappa shape index (κ3) is 2.21. The topological polar surface area (TPSA) is 39.4 Å². The van der Waals surface area contributed by atoms with Gasteiger partial charge >= 0.3 is 0 Å². The van der Waals surface area contributed by atoms with Gasteiger partial charge in [-0.15, -0.1) is 0 Å². The lowest BCUT2D eigenvalue weighted by molar-refractivity contribution is 0.601. The van der Waals surface area contributed by atoms with Gasteiger partial charge < -0.3 is 13.3 Å². The van der Waals surface area contributed by atoms with Crippen molar-refractivity contribution in [3.63, 3.8) is 0 Å². The predicted molar refractivity (Wildman–Crippen MR) is 112 cm³/mol. The highest BCUT2D eigenvalue weighted by molar-refractivity contribution is 6.13. The molecule has 5 rings (SSSR count). The Morgan fingerprint density at radius 2 is 0.926 bits per heavy atom. The first kappa shape index (κ1) is 16.0. The van der Waals surface area contributed by atoms with Gasteiger partial charge in [-0.25, -0.2) is 0 Å². The minimum atomic E-state index is 0.868. The standard InChI is InChI=1S/C24H20O3/c1-5-7-19-13(3)15-9-23-17(11-21(15)25-19)18-12-22-16(10-24(18)27-23)14(4)20(26-22)8-6-2/h5-12H,1-4H3/b7-5+,8-6+. The maximum atomic E-state index is 6.20. The molecule has 0 aliphatic carbocycles. The van der Waals surface area contributed by atoms with Crippen molar-refractivity contribution in [1.82, 2.24) is 0 Å². The van der Waals surface area contributed by atoms with Crippen molar-refractivity contribution in [2.75, 3.05) is 0 Å². The molecule has 0 saturated carbocycles. The average molecular weight is 356 g/mol. The van der Waals surface area contributed by atoms with E-state index < -0.39 is 0 Å². The number of hydrogen-bond donors (Lipinski definition) is 0. The van der Waals surface area contributed by atoms with Crippen molar-refractivity contribution in [2.24, 2.45) is 0 Å². The summed E-state index contributed by atoms with van der Waals surface area (Å²) in [5.74, 6) is 1.79. The number of aryl methyl sites for hydroxylation is 2. The van der Waals surface area contributed by atoms with E-state index in [1.807, 2.05) is 38.2 Å². The Hall–Kier alpha value is -3.20. The maximum Gasteiger partial charge on any atom is 0.136 e. The lowest BCUT2D eigenvalue weighted by Gasteiger charge is -1.92. The molecule has 2 aromatic carbocycles. The molecule has 0 atom stereocenters. The van der Waals surface area contributed by atoms with E-state index in [0.29, 0.717) is 0 Å². The molecule has 0 N–H and O–H groups in total. The van der Waals surface area contributed by atoms with Crippen LogP contribution in [0, 0.1) is 13.8 Å². The van der Waals surface area contributed by atoms with Crippen LogP contribution in [0.1, 0.15) is 36.5 Å². The van der Waals surface area contributed by atoms with Gasteiger partial charge in [-0.1, -0.05) is 12.2 Å². The maximum absolute atomic E-state index is 6.20. The molecule has 134 valence electrons. The Morgan fingerprint density at radius 3 is 1.33 bits per heavy atom. The van der Waals surface area contributed by atoms with Gasteiger partial charge in [0.2, 0.25) is 0 Å². The SMILES string of the molecule is C/C=C/c1oc2cc3c(cc2c1C)oc1cc2c(C)c(/C=C/C)oc2cc13. The Kier molecular flexibility index (Phi) is 3.35. The molecule has 0 fully saturated rings. The van der Waals surface area contributed by atoms with Crippen LogP contribution in [0.5, 0.6) is 0 Å². The smallest absolute Gasteiger partial charge is 0.136 e. The molecule has 0 bridgehead atoms. The fraction of sp³-hybridized carbons (Fsp3) is 0.167. The third-order valence-corrected chi connectivity index (χ3v) is 5.30. The minimum absolute atomic E-state index is 0.868. The van der Waals surface area contributed by atoms with Crippen LogP contribution in [-0.4, -0.2) is 0 Å². The van der Waals surface area contributed by atoms with Crippen LogP contribution in [0.15, 0.2) is 49.7 Å². The number of fused-ring (bicyclic) bond motifs is 5. The molecule has 0 aliphatic rings. The highest BCUT2D eigenvalue weighted by atomic mass is 16.3. The molecular formula is C24H20O3. The van der Waals surface area contributed by atoms with Gasteiger partial charge in [-0.05, 0) is 64.1 Å². The third-order valence-electron chi connectivity index (χ3n) is 5.30. The fourth-order valence-electron chi connectivity index (χ4n) is 3.86. The molecule has 3 aromatic heterocycles. The molecule has 0 aliphatic heterocycles. The molecule has 0 spiro atoms. The first-order chi connectivity index (χ1) is 13.1.